The summed E-state index contributed by atoms with van der Waals surface area (Å²) in [4.78, 5) is 14.9. The third-order valence-electron chi connectivity index (χ3n) is 3.44. The van der Waals surface area contributed by atoms with Crippen LogP contribution in [-0.4, -0.2) is 29.9 Å². The first-order chi connectivity index (χ1) is 8.79. The lowest BCUT2D eigenvalue weighted by Gasteiger charge is -2.10. The van der Waals surface area contributed by atoms with Crippen molar-refractivity contribution in [3.8, 4) is 5.75 Å². The number of benzene rings is 1. The number of aromatic nitrogens is 2. The van der Waals surface area contributed by atoms with Crippen LogP contribution in [0.2, 0.25) is 0 Å². The van der Waals surface area contributed by atoms with E-state index in [9.17, 15) is 4.79 Å². The lowest BCUT2D eigenvalue weighted by molar-refractivity contribution is 0.182. The average molecular weight is 248 g/mol. The van der Waals surface area contributed by atoms with E-state index in [1.54, 1.807) is 11.7 Å². The SMILES string of the molecule is COc1cccc2[nH]c(=O)n(CC3CCOC3)c12. The number of aromatic amines is 1. The molecule has 2 aromatic rings. The summed E-state index contributed by atoms with van der Waals surface area (Å²) in [6.07, 6.45) is 1.01. The number of H-pyrrole nitrogens is 1. The molecule has 1 aromatic carbocycles. The summed E-state index contributed by atoms with van der Waals surface area (Å²) in [5.74, 6) is 1.14. The van der Waals surface area contributed by atoms with Crippen molar-refractivity contribution in [1.29, 1.82) is 0 Å². The van der Waals surface area contributed by atoms with E-state index in [-0.39, 0.29) is 5.69 Å². The minimum absolute atomic E-state index is 0.0820. The quantitative estimate of drug-likeness (QED) is 0.892. The van der Waals surface area contributed by atoms with Gasteiger partial charge in [0, 0.05) is 19.1 Å². The average Bonchev–Trinajstić information content (AvgIpc) is 2.98. The van der Waals surface area contributed by atoms with Gasteiger partial charge in [0.2, 0.25) is 0 Å². The van der Waals surface area contributed by atoms with Crippen LogP contribution in [0.4, 0.5) is 0 Å². The maximum Gasteiger partial charge on any atom is 0.326 e. The summed E-state index contributed by atoms with van der Waals surface area (Å²) < 4.78 is 12.4. The third kappa shape index (κ3) is 1.80. The van der Waals surface area contributed by atoms with Crippen molar-refractivity contribution < 1.29 is 9.47 Å². The van der Waals surface area contributed by atoms with Crippen molar-refractivity contribution in [2.75, 3.05) is 20.3 Å². The van der Waals surface area contributed by atoms with Gasteiger partial charge < -0.3 is 14.5 Å². The third-order valence-corrected chi connectivity index (χ3v) is 3.44. The second kappa shape index (κ2) is 4.49. The predicted molar refractivity (Wildman–Crippen MR) is 68.0 cm³/mol. The molecule has 0 amide bonds. The van der Waals surface area contributed by atoms with Crippen molar-refractivity contribution in [3.63, 3.8) is 0 Å². The minimum Gasteiger partial charge on any atom is -0.494 e. The second-order valence-electron chi connectivity index (χ2n) is 4.63. The predicted octanol–water partition coefficient (Wildman–Crippen LogP) is 1.37. The number of nitrogens with zero attached hydrogens (tertiary/aromatic N) is 1. The molecule has 96 valence electrons. The van der Waals surface area contributed by atoms with Crippen LogP contribution in [0.3, 0.4) is 0 Å². The summed E-state index contributed by atoms with van der Waals surface area (Å²) >= 11 is 0. The zero-order valence-corrected chi connectivity index (χ0v) is 10.3. The largest absolute Gasteiger partial charge is 0.494 e. The highest BCUT2D eigenvalue weighted by Crippen LogP contribution is 2.24. The molecule has 0 aliphatic carbocycles. The summed E-state index contributed by atoms with van der Waals surface area (Å²) in [5.41, 5.74) is 1.58. The number of rotatable bonds is 3. The van der Waals surface area contributed by atoms with Crippen molar-refractivity contribution in [3.05, 3.63) is 28.7 Å². The second-order valence-corrected chi connectivity index (χ2v) is 4.63. The van der Waals surface area contributed by atoms with Crippen molar-refractivity contribution >= 4 is 11.0 Å². The number of ether oxygens (including phenoxy) is 2. The Hall–Kier alpha value is -1.75. The lowest BCUT2D eigenvalue weighted by Crippen LogP contribution is -2.22. The van der Waals surface area contributed by atoms with Gasteiger partial charge in [-0.1, -0.05) is 6.07 Å². The molecule has 1 atom stereocenters. The highest BCUT2D eigenvalue weighted by molar-refractivity contribution is 5.81. The molecule has 0 bridgehead atoms. The van der Waals surface area contributed by atoms with Gasteiger partial charge in [0.1, 0.15) is 11.3 Å². The molecule has 0 radical (unpaired) electrons. The van der Waals surface area contributed by atoms with E-state index in [2.05, 4.69) is 4.98 Å². The molecular formula is C13H16N2O3. The van der Waals surface area contributed by atoms with E-state index in [1.807, 2.05) is 18.2 Å². The topological polar surface area (TPSA) is 56.2 Å². The zero-order chi connectivity index (χ0) is 12.5. The Kier molecular flexibility index (Phi) is 2.83. The van der Waals surface area contributed by atoms with Crippen molar-refractivity contribution in [1.82, 2.24) is 9.55 Å². The van der Waals surface area contributed by atoms with Crippen LogP contribution in [0.15, 0.2) is 23.0 Å². The standard InChI is InChI=1S/C13H16N2O3/c1-17-11-4-2-3-10-12(11)15(13(16)14-10)7-9-5-6-18-8-9/h2-4,9H,5-8H2,1H3,(H,14,16). The van der Waals surface area contributed by atoms with Crippen LogP contribution < -0.4 is 10.4 Å². The van der Waals surface area contributed by atoms with Crippen LogP contribution in [0.5, 0.6) is 5.75 Å². The van der Waals surface area contributed by atoms with Crippen molar-refractivity contribution in [2.24, 2.45) is 5.92 Å². The molecule has 1 N–H and O–H groups in total. The Labute approximate surface area is 104 Å². The molecule has 1 unspecified atom stereocenters. The number of para-hydroxylation sites is 1. The first-order valence-electron chi connectivity index (χ1n) is 6.13. The van der Waals surface area contributed by atoms with Gasteiger partial charge in [-0.3, -0.25) is 4.57 Å². The molecule has 1 aliphatic heterocycles. The zero-order valence-electron chi connectivity index (χ0n) is 10.3. The van der Waals surface area contributed by atoms with Gasteiger partial charge in [-0.15, -0.1) is 0 Å². The molecule has 1 fully saturated rings. The Morgan fingerprint density at radius 1 is 1.56 bits per heavy atom. The van der Waals surface area contributed by atoms with E-state index in [4.69, 9.17) is 9.47 Å². The lowest BCUT2D eigenvalue weighted by atomic mass is 10.1. The number of hydrogen-bond acceptors (Lipinski definition) is 3. The normalized spacial score (nSPS) is 19.5. The molecule has 2 heterocycles. The molecule has 5 heteroatoms. The highest BCUT2D eigenvalue weighted by atomic mass is 16.5. The summed E-state index contributed by atoms with van der Waals surface area (Å²) in [6.45, 7) is 2.20. The molecule has 1 aromatic heterocycles. The van der Waals surface area contributed by atoms with E-state index < -0.39 is 0 Å². The molecule has 1 aliphatic rings. The van der Waals surface area contributed by atoms with E-state index in [0.29, 0.717) is 12.5 Å². The molecule has 1 saturated heterocycles. The summed E-state index contributed by atoms with van der Waals surface area (Å²) in [6, 6.07) is 5.64. The van der Waals surface area contributed by atoms with Crippen molar-refractivity contribution in [2.45, 2.75) is 13.0 Å². The van der Waals surface area contributed by atoms with E-state index >= 15 is 0 Å². The molecule has 3 rings (SSSR count). The van der Waals surface area contributed by atoms with Gasteiger partial charge in [0.25, 0.3) is 0 Å². The number of imidazole rings is 1. The van der Waals surface area contributed by atoms with Crippen LogP contribution >= 0.6 is 0 Å². The fourth-order valence-corrected chi connectivity index (χ4v) is 2.51. The molecule has 5 nitrogen and oxygen atoms in total. The molecular weight excluding hydrogens is 232 g/mol. The number of nitrogens with one attached hydrogen (secondary N) is 1. The van der Waals surface area contributed by atoms with Gasteiger partial charge >= 0.3 is 5.69 Å². The Morgan fingerprint density at radius 2 is 2.44 bits per heavy atom. The fraction of sp³-hybridized carbons (Fsp3) is 0.462. The number of methoxy groups -OCH3 is 1. The first kappa shape index (κ1) is 11.3. The fourth-order valence-electron chi connectivity index (χ4n) is 2.51. The molecule has 0 saturated carbocycles. The van der Waals surface area contributed by atoms with Crippen LogP contribution in [0.1, 0.15) is 6.42 Å². The maximum atomic E-state index is 12.0. The van der Waals surface area contributed by atoms with E-state index in [0.717, 1.165) is 36.4 Å². The van der Waals surface area contributed by atoms with E-state index in [1.165, 1.54) is 0 Å². The maximum absolute atomic E-state index is 12.0. The number of hydrogen-bond donors (Lipinski definition) is 1. The Bertz CT molecular complexity index is 608. The first-order valence-corrected chi connectivity index (χ1v) is 6.13. The summed E-state index contributed by atoms with van der Waals surface area (Å²) in [7, 11) is 1.62. The summed E-state index contributed by atoms with van der Waals surface area (Å²) in [5, 5.41) is 0. The monoisotopic (exact) mass is 248 g/mol. The van der Waals surface area contributed by atoms with Gasteiger partial charge in [-0.2, -0.15) is 0 Å². The van der Waals surface area contributed by atoms with Gasteiger partial charge in [0.05, 0.1) is 19.2 Å². The van der Waals surface area contributed by atoms with Crippen LogP contribution in [-0.2, 0) is 11.3 Å². The van der Waals surface area contributed by atoms with Gasteiger partial charge in [-0.05, 0) is 18.6 Å². The molecule has 18 heavy (non-hydrogen) atoms. The molecule has 0 spiro atoms. The Balaban J connectivity index is 2.08. The van der Waals surface area contributed by atoms with Crippen LogP contribution in [0, 0.1) is 5.92 Å². The minimum atomic E-state index is -0.0820. The highest BCUT2D eigenvalue weighted by Gasteiger charge is 2.19. The van der Waals surface area contributed by atoms with Gasteiger partial charge in [0.15, 0.2) is 0 Å². The Morgan fingerprint density at radius 3 is 3.17 bits per heavy atom. The number of fused-ring (bicyclic) bond motifs is 1. The van der Waals surface area contributed by atoms with Gasteiger partial charge in [-0.25, -0.2) is 4.79 Å². The van der Waals surface area contributed by atoms with Crippen LogP contribution in [0.25, 0.3) is 11.0 Å². The smallest absolute Gasteiger partial charge is 0.326 e.